The first kappa shape index (κ1) is 35.6. The fraction of sp³-hybridized carbons (Fsp3) is 0.417. The maximum Gasteiger partial charge on any atom is 0.412 e. The molecule has 0 unspecified atom stereocenters. The van der Waals surface area contributed by atoms with E-state index in [2.05, 4.69) is 10.6 Å². The van der Waals surface area contributed by atoms with E-state index >= 15 is 0 Å². The molecule has 0 bridgehead atoms. The fourth-order valence-electron chi connectivity index (χ4n) is 5.87. The number of aliphatic hydroxyl groups is 1. The van der Waals surface area contributed by atoms with E-state index in [0.717, 1.165) is 16.7 Å². The summed E-state index contributed by atoms with van der Waals surface area (Å²) in [7, 11) is 1.46. The van der Waals surface area contributed by atoms with Crippen LogP contribution in [0.2, 0.25) is 5.02 Å². The summed E-state index contributed by atoms with van der Waals surface area (Å²) in [5, 5.41) is 26.1. The quantitative estimate of drug-likeness (QED) is 0.159. The largest absolute Gasteiger partial charge is 0.496 e. The van der Waals surface area contributed by atoms with Gasteiger partial charge in [-0.2, -0.15) is 0 Å². The molecule has 0 aliphatic heterocycles. The minimum atomic E-state index is -1.03. The molecule has 1 aliphatic rings. The van der Waals surface area contributed by atoms with E-state index < -0.39 is 17.8 Å². The number of halogens is 1. The highest BCUT2D eigenvalue weighted by atomic mass is 35.5. The Morgan fingerprint density at radius 2 is 1.70 bits per heavy atom. The number of carbonyl (C=O) groups is 3. The normalized spacial score (nSPS) is 16.2. The van der Waals surface area contributed by atoms with Gasteiger partial charge >= 0.3 is 12.2 Å². The number of methoxy groups -OCH3 is 1. The number of benzene rings is 3. The molecule has 1 fully saturated rings. The smallest absolute Gasteiger partial charge is 0.412 e. The zero-order valence-corrected chi connectivity index (χ0v) is 28.1. The zero-order valence-electron chi connectivity index (χ0n) is 27.3. The van der Waals surface area contributed by atoms with Crippen molar-refractivity contribution in [1.29, 1.82) is 0 Å². The second-order valence-corrected chi connectivity index (χ2v) is 13.1. The maximum atomic E-state index is 12.9. The van der Waals surface area contributed by atoms with Gasteiger partial charge < -0.3 is 30.3 Å². The van der Waals surface area contributed by atoms with Crippen LogP contribution in [0.1, 0.15) is 74.4 Å². The Morgan fingerprint density at radius 1 is 1.00 bits per heavy atom. The highest BCUT2D eigenvalue weighted by Gasteiger charge is 2.32. The fourth-order valence-corrected chi connectivity index (χ4v) is 6.15. The number of aliphatic hydroxyl groups excluding tert-OH is 1. The predicted octanol–water partition coefficient (Wildman–Crippen LogP) is 7.19. The van der Waals surface area contributed by atoms with Crippen LogP contribution in [0, 0.1) is 0 Å². The standard InChI is InChI=1S/C36H44ClN3O7/c1-36(2,3)47-34(43)39-26-13-15-27(16-14-26)40(35(44)45)31-19-23(12-17-28(31)24-10-6-5-7-11-24)9-8-18-38-33(42)29-21-32(46-4)25(22-41)20-30(29)37/h5-7,10-12,17,19-21,26-27,41H,8-9,13-16,18,22H2,1-4H3,(H,38,42)(H,39,43)(H,44,45)/t26-,27-. The third-order valence-electron chi connectivity index (χ3n) is 8.11. The van der Waals surface area contributed by atoms with E-state index in [9.17, 15) is 24.6 Å². The number of amides is 3. The predicted molar refractivity (Wildman–Crippen MR) is 182 cm³/mol. The zero-order chi connectivity index (χ0) is 34.1. The average Bonchev–Trinajstić information content (AvgIpc) is 3.03. The lowest BCUT2D eigenvalue weighted by Gasteiger charge is -2.36. The van der Waals surface area contributed by atoms with Crippen molar-refractivity contribution in [1.82, 2.24) is 10.6 Å². The van der Waals surface area contributed by atoms with Gasteiger partial charge in [0.25, 0.3) is 5.91 Å². The van der Waals surface area contributed by atoms with Crippen LogP contribution >= 0.6 is 11.6 Å². The highest BCUT2D eigenvalue weighted by Crippen LogP contribution is 2.37. The third kappa shape index (κ3) is 9.62. The van der Waals surface area contributed by atoms with Crippen molar-refractivity contribution in [2.24, 2.45) is 0 Å². The van der Waals surface area contributed by atoms with E-state index in [1.165, 1.54) is 24.1 Å². The molecule has 47 heavy (non-hydrogen) atoms. The van der Waals surface area contributed by atoms with Gasteiger partial charge in [-0.3, -0.25) is 9.69 Å². The van der Waals surface area contributed by atoms with Crippen molar-refractivity contribution in [3.8, 4) is 16.9 Å². The Balaban J connectivity index is 1.47. The number of aryl methyl sites for hydroxylation is 1. The lowest BCUT2D eigenvalue weighted by atomic mass is 9.89. The van der Waals surface area contributed by atoms with Crippen LogP contribution < -0.4 is 20.3 Å². The molecule has 4 N–H and O–H groups in total. The molecule has 0 saturated heterocycles. The number of hydrogen-bond acceptors (Lipinski definition) is 6. The van der Waals surface area contributed by atoms with Crippen LogP contribution in [0.5, 0.6) is 5.75 Å². The minimum Gasteiger partial charge on any atom is -0.496 e. The molecule has 11 heteroatoms. The Kier molecular flexibility index (Phi) is 12.1. The van der Waals surface area contributed by atoms with Crippen molar-refractivity contribution in [2.75, 3.05) is 18.6 Å². The molecule has 3 amide bonds. The van der Waals surface area contributed by atoms with Crippen molar-refractivity contribution < 1.29 is 34.1 Å². The number of carboxylic acid groups (broad SMARTS) is 1. The number of nitrogens with zero attached hydrogens (tertiary/aromatic N) is 1. The molecule has 0 radical (unpaired) electrons. The molecule has 0 atom stereocenters. The molecule has 0 aromatic heterocycles. The van der Waals surface area contributed by atoms with Gasteiger partial charge in [0, 0.05) is 29.8 Å². The summed E-state index contributed by atoms with van der Waals surface area (Å²) < 4.78 is 10.7. The van der Waals surface area contributed by atoms with Crippen LogP contribution in [0.25, 0.3) is 11.1 Å². The summed E-state index contributed by atoms with van der Waals surface area (Å²) in [5.41, 5.74) is 3.42. The number of anilines is 1. The summed E-state index contributed by atoms with van der Waals surface area (Å²) in [6, 6.07) is 18.2. The number of hydrogen-bond donors (Lipinski definition) is 4. The first-order chi connectivity index (χ1) is 22.4. The van der Waals surface area contributed by atoms with E-state index in [1.807, 2.05) is 69.3 Å². The summed E-state index contributed by atoms with van der Waals surface area (Å²) >= 11 is 6.29. The molecular weight excluding hydrogens is 622 g/mol. The topological polar surface area (TPSA) is 137 Å². The maximum absolute atomic E-state index is 12.9. The number of carbonyl (C=O) groups excluding carboxylic acids is 2. The summed E-state index contributed by atoms with van der Waals surface area (Å²) in [5.74, 6) is 0.0237. The Hall–Kier alpha value is -4.28. The average molecular weight is 666 g/mol. The SMILES string of the molecule is COc1cc(C(=O)NCCCc2ccc(-c3ccccc3)c(N(C(=O)O)[C@H]3CC[C@H](NC(=O)OC(C)(C)C)CC3)c2)c(Cl)cc1CO. The number of ether oxygens (including phenoxy) is 2. The van der Waals surface area contributed by atoms with Crippen LogP contribution in [0.3, 0.4) is 0 Å². The second kappa shape index (κ2) is 16.0. The highest BCUT2D eigenvalue weighted by molar-refractivity contribution is 6.34. The van der Waals surface area contributed by atoms with Gasteiger partial charge in [0.2, 0.25) is 0 Å². The van der Waals surface area contributed by atoms with E-state index in [1.54, 1.807) is 0 Å². The monoisotopic (exact) mass is 665 g/mol. The van der Waals surface area contributed by atoms with Gasteiger partial charge in [0.1, 0.15) is 11.4 Å². The van der Waals surface area contributed by atoms with Crippen LogP contribution in [0.4, 0.5) is 15.3 Å². The van der Waals surface area contributed by atoms with Gasteiger partial charge in [0.15, 0.2) is 0 Å². The molecule has 3 aromatic rings. The van der Waals surface area contributed by atoms with Crippen molar-refractivity contribution in [3.05, 3.63) is 82.4 Å². The molecule has 252 valence electrons. The van der Waals surface area contributed by atoms with Gasteiger partial charge in [-0.15, -0.1) is 0 Å². The van der Waals surface area contributed by atoms with Gasteiger partial charge in [0.05, 0.1) is 30.0 Å². The van der Waals surface area contributed by atoms with Crippen LogP contribution in [-0.4, -0.2) is 59.6 Å². The Morgan fingerprint density at radius 3 is 2.32 bits per heavy atom. The lowest BCUT2D eigenvalue weighted by molar-refractivity contribution is 0.0490. The Bertz CT molecular complexity index is 1550. The van der Waals surface area contributed by atoms with E-state index in [4.69, 9.17) is 21.1 Å². The first-order valence-electron chi connectivity index (χ1n) is 15.9. The molecule has 1 saturated carbocycles. The Labute approximate surface area is 281 Å². The third-order valence-corrected chi connectivity index (χ3v) is 8.42. The van der Waals surface area contributed by atoms with Gasteiger partial charge in [-0.25, -0.2) is 9.59 Å². The summed E-state index contributed by atoms with van der Waals surface area (Å²) in [4.78, 5) is 39.5. The molecular formula is C36H44ClN3O7. The first-order valence-corrected chi connectivity index (χ1v) is 16.2. The minimum absolute atomic E-state index is 0.0875. The van der Waals surface area contributed by atoms with Crippen molar-refractivity contribution in [2.45, 2.75) is 83.6 Å². The number of rotatable bonds is 11. The molecule has 3 aromatic carbocycles. The molecule has 0 heterocycles. The van der Waals surface area contributed by atoms with Crippen molar-refractivity contribution >= 4 is 35.4 Å². The van der Waals surface area contributed by atoms with E-state index in [-0.39, 0.29) is 35.2 Å². The van der Waals surface area contributed by atoms with Gasteiger partial charge in [-0.1, -0.05) is 54.1 Å². The summed E-state index contributed by atoms with van der Waals surface area (Å²) in [6.45, 7) is 5.55. The number of nitrogens with one attached hydrogen (secondary N) is 2. The van der Waals surface area contributed by atoms with Crippen LogP contribution in [-0.2, 0) is 17.8 Å². The van der Waals surface area contributed by atoms with Crippen LogP contribution in [0.15, 0.2) is 60.7 Å². The summed E-state index contributed by atoms with van der Waals surface area (Å²) in [6.07, 6.45) is 2.15. The molecule has 1 aliphatic carbocycles. The van der Waals surface area contributed by atoms with Crippen molar-refractivity contribution in [3.63, 3.8) is 0 Å². The van der Waals surface area contributed by atoms with Gasteiger partial charge in [-0.05, 0) is 88.6 Å². The number of alkyl carbamates (subject to hydrolysis) is 1. The van der Waals surface area contributed by atoms with E-state index in [0.29, 0.717) is 62.1 Å². The lowest BCUT2D eigenvalue weighted by Crippen LogP contribution is -2.47. The molecule has 4 rings (SSSR count). The molecule has 10 nitrogen and oxygen atoms in total. The molecule has 0 spiro atoms. The second-order valence-electron chi connectivity index (χ2n) is 12.7.